The maximum absolute atomic E-state index is 13.6. The largest absolute Gasteiger partial charge is 0.488 e. The number of carboxylic acid groups (broad SMARTS) is 1. The average Bonchev–Trinajstić information content (AvgIpc) is 3.48. The molecule has 2 saturated carbocycles. The molecule has 3 N–H and O–H groups in total. The summed E-state index contributed by atoms with van der Waals surface area (Å²) in [5, 5.41) is 26.1. The first-order valence-corrected chi connectivity index (χ1v) is 13.9. The molecule has 2 aromatic carbocycles. The number of halogens is 1. The minimum absolute atomic E-state index is 0.0348. The van der Waals surface area contributed by atoms with Gasteiger partial charge in [-0.1, -0.05) is 12.1 Å². The van der Waals surface area contributed by atoms with Crippen LogP contribution in [0, 0.1) is 5.82 Å². The lowest BCUT2D eigenvalue weighted by Crippen LogP contribution is -2.47. The number of rotatable bonds is 9. The Bertz CT molecular complexity index is 1740. The molecule has 0 bridgehead atoms. The topological polar surface area (TPSA) is 119 Å². The van der Waals surface area contributed by atoms with E-state index in [-0.39, 0.29) is 18.0 Å². The van der Waals surface area contributed by atoms with Gasteiger partial charge in [0, 0.05) is 29.4 Å². The lowest BCUT2D eigenvalue weighted by Gasteiger charge is -2.31. The summed E-state index contributed by atoms with van der Waals surface area (Å²) in [6.07, 6.45) is 10.0. The second-order valence-electron chi connectivity index (χ2n) is 11.0. The van der Waals surface area contributed by atoms with Crippen molar-refractivity contribution in [3.63, 3.8) is 0 Å². The molecule has 3 heterocycles. The van der Waals surface area contributed by atoms with E-state index in [1.54, 1.807) is 16.8 Å². The van der Waals surface area contributed by atoms with Crippen LogP contribution in [0.4, 0.5) is 15.9 Å². The molecule has 2 aliphatic carbocycles. The predicted octanol–water partition coefficient (Wildman–Crippen LogP) is 4.91. The van der Waals surface area contributed by atoms with Crippen LogP contribution in [0.25, 0.3) is 16.4 Å². The number of benzene rings is 2. The molecule has 10 nitrogen and oxygen atoms in total. The Hall–Kier alpha value is -4.51. The van der Waals surface area contributed by atoms with Gasteiger partial charge in [0.25, 0.3) is 0 Å². The van der Waals surface area contributed by atoms with Crippen LogP contribution in [-0.4, -0.2) is 53.1 Å². The van der Waals surface area contributed by atoms with E-state index in [9.17, 15) is 14.3 Å². The van der Waals surface area contributed by atoms with E-state index in [2.05, 4.69) is 25.8 Å². The monoisotopic (exact) mass is 555 g/mol. The Balaban J connectivity index is 1.05. The number of nitrogens with zero attached hydrogens (tertiary/aromatic N) is 5. The van der Waals surface area contributed by atoms with Gasteiger partial charge in [-0.15, -0.1) is 0 Å². The average molecular weight is 556 g/mol. The molecule has 0 unspecified atom stereocenters. The molecule has 5 aromatic rings. The highest BCUT2D eigenvalue weighted by atomic mass is 19.1. The fraction of sp³-hybridized carbons (Fsp3) is 0.333. The number of anilines is 2. The molecular weight excluding hydrogens is 525 g/mol. The number of hydrogen-bond acceptors (Lipinski definition) is 7. The zero-order valence-corrected chi connectivity index (χ0v) is 22.3. The van der Waals surface area contributed by atoms with Gasteiger partial charge < -0.3 is 15.2 Å². The first kappa shape index (κ1) is 25.5. The number of aromatic nitrogens is 5. The molecule has 41 heavy (non-hydrogen) atoms. The van der Waals surface area contributed by atoms with Gasteiger partial charge in [0.2, 0.25) is 0 Å². The summed E-state index contributed by atoms with van der Waals surface area (Å²) in [4.78, 5) is 16.0. The highest BCUT2D eigenvalue weighted by Crippen LogP contribution is 2.38. The molecule has 210 valence electrons. The maximum Gasteiger partial charge on any atom is 0.323 e. The van der Waals surface area contributed by atoms with Gasteiger partial charge in [0.05, 0.1) is 24.4 Å². The van der Waals surface area contributed by atoms with Crippen molar-refractivity contribution in [1.29, 1.82) is 0 Å². The van der Waals surface area contributed by atoms with Crippen molar-refractivity contribution in [2.24, 2.45) is 0 Å². The van der Waals surface area contributed by atoms with Crippen molar-refractivity contribution < 1.29 is 19.0 Å². The van der Waals surface area contributed by atoms with E-state index in [4.69, 9.17) is 4.74 Å². The van der Waals surface area contributed by atoms with E-state index in [0.717, 1.165) is 53.4 Å². The first-order valence-electron chi connectivity index (χ1n) is 13.9. The maximum atomic E-state index is 13.6. The molecule has 2 aliphatic rings. The van der Waals surface area contributed by atoms with Crippen molar-refractivity contribution in [2.75, 3.05) is 5.32 Å². The van der Waals surface area contributed by atoms with Gasteiger partial charge in [-0.25, -0.2) is 13.9 Å². The highest BCUT2D eigenvalue weighted by Gasteiger charge is 2.51. The zero-order valence-electron chi connectivity index (χ0n) is 22.3. The molecule has 0 aliphatic heterocycles. The Labute approximate surface area is 235 Å². The molecule has 0 saturated heterocycles. The quantitative estimate of drug-likeness (QED) is 0.235. The zero-order chi connectivity index (χ0) is 28.0. The molecule has 0 amide bonds. The van der Waals surface area contributed by atoms with Crippen molar-refractivity contribution in [3.8, 4) is 5.75 Å². The predicted molar refractivity (Wildman–Crippen MR) is 151 cm³/mol. The molecule has 0 spiro atoms. The van der Waals surface area contributed by atoms with E-state index < -0.39 is 11.5 Å². The lowest BCUT2D eigenvalue weighted by atomic mass is 9.92. The molecular formula is C30H30FN7O3. The van der Waals surface area contributed by atoms with E-state index in [1.165, 1.54) is 18.5 Å². The number of hydrogen-bond donors (Lipinski definition) is 3. The van der Waals surface area contributed by atoms with Crippen molar-refractivity contribution in [2.45, 2.75) is 62.8 Å². The van der Waals surface area contributed by atoms with Crippen LogP contribution in [0.3, 0.4) is 0 Å². The van der Waals surface area contributed by atoms with Gasteiger partial charge >= 0.3 is 5.97 Å². The third-order valence-electron chi connectivity index (χ3n) is 8.15. The lowest BCUT2D eigenvalue weighted by molar-refractivity contribution is -0.141. The second kappa shape index (κ2) is 10.2. The van der Waals surface area contributed by atoms with Crippen LogP contribution >= 0.6 is 0 Å². The van der Waals surface area contributed by atoms with Gasteiger partial charge in [-0.3, -0.25) is 14.8 Å². The summed E-state index contributed by atoms with van der Waals surface area (Å²) in [5.74, 6) is 0.326. The van der Waals surface area contributed by atoms with Crippen LogP contribution in [-0.2, 0) is 11.3 Å². The number of carbonyl (C=O) groups is 1. The SMILES string of the molecule is O=C(O)C1(NC2CCC(Oc3ccn4ncnc(Nc5ccc6c(cnn6Cc6cccc(F)c6)c5)c34)CC2)CC1. The number of fused-ring (bicyclic) bond motifs is 2. The normalized spacial score (nSPS) is 19.8. The molecule has 11 heteroatoms. The number of ether oxygens (including phenoxy) is 1. The fourth-order valence-corrected chi connectivity index (χ4v) is 5.79. The number of carboxylic acids is 1. The van der Waals surface area contributed by atoms with Crippen LogP contribution in [0.2, 0.25) is 0 Å². The third kappa shape index (κ3) is 5.08. The highest BCUT2D eigenvalue weighted by molar-refractivity contribution is 5.86. The van der Waals surface area contributed by atoms with Gasteiger partial charge in [-0.2, -0.15) is 10.2 Å². The van der Waals surface area contributed by atoms with Crippen molar-refractivity contribution >= 4 is 33.9 Å². The second-order valence-corrected chi connectivity index (χ2v) is 11.0. The third-order valence-corrected chi connectivity index (χ3v) is 8.15. The Morgan fingerprint density at radius 2 is 1.95 bits per heavy atom. The minimum Gasteiger partial charge on any atom is -0.488 e. The Morgan fingerprint density at radius 1 is 1.10 bits per heavy atom. The minimum atomic E-state index is -0.743. The smallest absolute Gasteiger partial charge is 0.323 e. The Kier molecular flexibility index (Phi) is 6.30. The van der Waals surface area contributed by atoms with Crippen molar-refractivity contribution in [1.82, 2.24) is 29.7 Å². The standard InChI is InChI=1S/C30H30FN7O3/c31-21-3-1-2-19(14-21)17-38-25-9-6-23(15-20(25)16-33-38)35-28-27-26(10-13-37(27)34-18-32-28)41-24-7-4-22(5-8-24)36-30(11-12-30)29(39)40/h1-3,6,9-10,13-16,18,22,24,36H,4-5,7-8,11-12,17H2,(H,39,40)(H,32,34,35). The van der Waals surface area contributed by atoms with Crippen LogP contribution in [0.1, 0.15) is 44.1 Å². The number of aliphatic carboxylic acids is 1. The number of nitrogens with one attached hydrogen (secondary N) is 2. The fourth-order valence-electron chi connectivity index (χ4n) is 5.79. The van der Waals surface area contributed by atoms with Crippen LogP contribution < -0.4 is 15.4 Å². The van der Waals surface area contributed by atoms with Crippen molar-refractivity contribution in [3.05, 3.63) is 78.6 Å². The summed E-state index contributed by atoms with van der Waals surface area (Å²) >= 11 is 0. The van der Waals surface area contributed by atoms with Crippen LogP contribution in [0.5, 0.6) is 5.75 Å². The van der Waals surface area contributed by atoms with E-state index in [1.807, 2.05) is 41.2 Å². The Morgan fingerprint density at radius 3 is 2.73 bits per heavy atom. The van der Waals surface area contributed by atoms with Crippen LogP contribution in [0.15, 0.2) is 67.3 Å². The molecule has 0 radical (unpaired) electrons. The van der Waals surface area contributed by atoms with Gasteiger partial charge in [0.15, 0.2) is 11.6 Å². The summed E-state index contributed by atoms with van der Waals surface area (Å²) in [6, 6.07) is 14.6. The molecule has 3 aromatic heterocycles. The van der Waals surface area contributed by atoms with E-state index in [0.29, 0.717) is 31.0 Å². The van der Waals surface area contributed by atoms with Gasteiger partial charge in [0.1, 0.15) is 23.2 Å². The summed E-state index contributed by atoms with van der Waals surface area (Å²) in [5.41, 5.74) is 2.67. The summed E-state index contributed by atoms with van der Waals surface area (Å²) < 4.78 is 23.7. The van der Waals surface area contributed by atoms with Gasteiger partial charge in [-0.05, 0) is 74.4 Å². The van der Waals surface area contributed by atoms with E-state index >= 15 is 0 Å². The molecule has 2 fully saturated rings. The first-order chi connectivity index (χ1) is 20.0. The summed E-state index contributed by atoms with van der Waals surface area (Å²) in [7, 11) is 0. The molecule has 0 atom stereocenters. The molecule has 7 rings (SSSR count). The summed E-state index contributed by atoms with van der Waals surface area (Å²) in [6.45, 7) is 0.476.